The summed E-state index contributed by atoms with van der Waals surface area (Å²) in [5.74, 6) is 1.81. The molecule has 0 spiro atoms. The Kier molecular flexibility index (Phi) is 2.67. The van der Waals surface area contributed by atoms with Gasteiger partial charge in [-0.05, 0) is 17.7 Å². The summed E-state index contributed by atoms with van der Waals surface area (Å²) in [5.41, 5.74) is 6.95. The second-order valence-corrected chi connectivity index (χ2v) is 5.11. The molecule has 3 N–H and O–H groups in total. The van der Waals surface area contributed by atoms with E-state index in [0.29, 0.717) is 5.95 Å². The van der Waals surface area contributed by atoms with Crippen molar-refractivity contribution >= 4 is 11.9 Å². The number of nitrogens with zero attached hydrogens (tertiary/aromatic N) is 3. The Hall–Kier alpha value is -2.76. The van der Waals surface area contributed by atoms with Gasteiger partial charge in [0.2, 0.25) is 11.9 Å². The van der Waals surface area contributed by atoms with Crippen LogP contribution in [0.3, 0.4) is 0 Å². The molecular formula is C15H15N5O. The smallest absolute Gasteiger partial charge is 0.241 e. The molecule has 0 saturated heterocycles. The minimum absolute atomic E-state index is 0.00810. The minimum atomic E-state index is -0.00810. The summed E-state index contributed by atoms with van der Waals surface area (Å²) in [6.45, 7) is 0. The van der Waals surface area contributed by atoms with Gasteiger partial charge in [0.25, 0.3) is 0 Å². The minimum Gasteiger partial charge on any atom is -0.467 e. The molecule has 4 rings (SSSR count). The molecular weight excluding hydrogens is 266 g/mol. The number of fused-ring (bicyclic) bond motifs is 1. The summed E-state index contributed by atoms with van der Waals surface area (Å²) >= 11 is 0. The predicted molar refractivity (Wildman–Crippen MR) is 78.7 cm³/mol. The summed E-state index contributed by atoms with van der Waals surface area (Å²) < 4.78 is 7.37. The Morgan fingerprint density at radius 3 is 2.81 bits per heavy atom. The molecule has 3 aromatic rings. The van der Waals surface area contributed by atoms with Crippen molar-refractivity contribution in [2.24, 2.45) is 0 Å². The van der Waals surface area contributed by atoms with Crippen molar-refractivity contribution in [2.75, 3.05) is 11.1 Å². The van der Waals surface area contributed by atoms with Crippen LogP contribution in [0.15, 0.2) is 53.1 Å². The van der Waals surface area contributed by atoms with Gasteiger partial charge in [-0.15, -0.1) is 5.10 Å². The highest BCUT2D eigenvalue weighted by Gasteiger charge is 2.32. The number of aromatic nitrogens is 3. The summed E-state index contributed by atoms with van der Waals surface area (Å²) in [7, 11) is 0. The molecule has 0 fully saturated rings. The first-order chi connectivity index (χ1) is 10.3. The van der Waals surface area contributed by atoms with Crippen LogP contribution in [0.2, 0.25) is 0 Å². The van der Waals surface area contributed by atoms with Gasteiger partial charge >= 0.3 is 0 Å². The zero-order valence-corrected chi connectivity index (χ0v) is 11.3. The van der Waals surface area contributed by atoms with Gasteiger partial charge in [0.15, 0.2) is 0 Å². The van der Waals surface area contributed by atoms with Gasteiger partial charge in [0, 0.05) is 6.42 Å². The van der Waals surface area contributed by atoms with Gasteiger partial charge in [0.05, 0.1) is 12.3 Å². The van der Waals surface area contributed by atoms with E-state index in [0.717, 1.165) is 12.2 Å². The molecule has 6 nitrogen and oxygen atoms in total. The SMILES string of the molecule is Nc1nc2n(n1)[C@@H](c1ccco1)C[C@@H](c1ccccc1)N2. The normalized spacial score (nSPS) is 20.8. The number of hydrogen-bond acceptors (Lipinski definition) is 5. The van der Waals surface area contributed by atoms with E-state index in [1.165, 1.54) is 5.56 Å². The van der Waals surface area contributed by atoms with Crippen LogP contribution in [-0.2, 0) is 0 Å². The molecule has 0 unspecified atom stereocenters. The second-order valence-electron chi connectivity index (χ2n) is 5.11. The Morgan fingerprint density at radius 2 is 2.05 bits per heavy atom. The van der Waals surface area contributed by atoms with Crippen molar-refractivity contribution in [1.82, 2.24) is 14.8 Å². The third-order valence-electron chi connectivity index (χ3n) is 3.78. The summed E-state index contributed by atoms with van der Waals surface area (Å²) in [5, 5.41) is 7.67. The van der Waals surface area contributed by atoms with Gasteiger partial charge in [-0.3, -0.25) is 0 Å². The molecule has 6 heteroatoms. The van der Waals surface area contributed by atoms with Crippen LogP contribution >= 0.6 is 0 Å². The lowest BCUT2D eigenvalue weighted by atomic mass is 9.96. The van der Waals surface area contributed by atoms with Gasteiger partial charge in [-0.1, -0.05) is 30.3 Å². The number of benzene rings is 1. The Morgan fingerprint density at radius 1 is 1.19 bits per heavy atom. The van der Waals surface area contributed by atoms with Crippen LogP contribution < -0.4 is 11.1 Å². The van der Waals surface area contributed by atoms with Crippen LogP contribution in [0, 0.1) is 0 Å². The molecule has 0 saturated carbocycles. The van der Waals surface area contributed by atoms with Crippen molar-refractivity contribution in [3.8, 4) is 0 Å². The number of nitrogens with one attached hydrogen (secondary N) is 1. The largest absolute Gasteiger partial charge is 0.467 e. The maximum Gasteiger partial charge on any atom is 0.241 e. The third kappa shape index (κ3) is 2.05. The summed E-state index contributed by atoms with van der Waals surface area (Å²) in [6.07, 6.45) is 2.50. The predicted octanol–water partition coefficient (Wildman–Crippen LogP) is 2.60. The van der Waals surface area contributed by atoms with Crippen LogP contribution in [0.4, 0.5) is 11.9 Å². The van der Waals surface area contributed by atoms with Crippen LogP contribution in [-0.4, -0.2) is 14.8 Å². The molecule has 2 atom stereocenters. The summed E-state index contributed by atoms with van der Waals surface area (Å²) in [4.78, 5) is 4.26. The number of furan rings is 1. The Bertz CT molecular complexity index is 735. The maximum atomic E-state index is 5.74. The van der Waals surface area contributed by atoms with E-state index in [-0.39, 0.29) is 18.0 Å². The average Bonchev–Trinajstić information content (AvgIpc) is 3.15. The molecule has 0 amide bonds. The molecule has 3 heterocycles. The lowest BCUT2D eigenvalue weighted by Crippen LogP contribution is -2.27. The van der Waals surface area contributed by atoms with E-state index < -0.39 is 0 Å². The average molecular weight is 281 g/mol. The third-order valence-corrected chi connectivity index (χ3v) is 3.78. The van der Waals surface area contributed by atoms with Crippen LogP contribution in [0.25, 0.3) is 0 Å². The Balaban J connectivity index is 1.76. The lowest BCUT2D eigenvalue weighted by Gasteiger charge is -2.30. The van der Waals surface area contributed by atoms with Crippen LogP contribution in [0.1, 0.15) is 29.8 Å². The highest BCUT2D eigenvalue weighted by Crippen LogP contribution is 2.37. The zero-order valence-electron chi connectivity index (χ0n) is 11.3. The molecule has 0 aliphatic carbocycles. The van der Waals surface area contributed by atoms with Gasteiger partial charge in [-0.2, -0.15) is 4.98 Å². The molecule has 2 aromatic heterocycles. The number of hydrogen-bond donors (Lipinski definition) is 2. The fourth-order valence-electron chi connectivity index (χ4n) is 2.82. The second kappa shape index (κ2) is 4.66. The molecule has 0 bridgehead atoms. The molecule has 0 radical (unpaired) electrons. The first kappa shape index (κ1) is 12.0. The topological polar surface area (TPSA) is 81.9 Å². The molecule has 106 valence electrons. The molecule has 1 aliphatic rings. The van der Waals surface area contributed by atoms with Crippen molar-refractivity contribution in [2.45, 2.75) is 18.5 Å². The fraction of sp³-hybridized carbons (Fsp3) is 0.200. The zero-order chi connectivity index (χ0) is 14.2. The number of rotatable bonds is 2. The Labute approximate surface area is 121 Å². The standard InChI is InChI=1S/C15H15N5O/c16-14-18-15-17-11(10-5-2-1-3-6-10)9-12(20(15)19-14)13-7-4-8-21-13/h1-8,11-12H,9H2,(H3,16,17,18,19)/t11-,12+/m0/s1. The van der Waals surface area contributed by atoms with E-state index in [1.54, 1.807) is 10.9 Å². The van der Waals surface area contributed by atoms with Crippen molar-refractivity contribution in [3.05, 3.63) is 60.1 Å². The molecule has 1 aliphatic heterocycles. The van der Waals surface area contributed by atoms with Gasteiger partial charge in [0.1, 0.15) is 11.8 Å². The van der Waals surface area contributed by atoms with Crippen molar-refractivity contribution in [1.29, 1.82) is 0 Å². The van der Waals surface area contributed by atoms with Gasteiger partial charge in [-0.25, -0.2) is 4.68 Å². The summed E-state index contributed by atoms with van der Waals surface area (Å²) in [6, 6.07) is 14.3. The highest BCUT2D eigenvalue weighted by molar-refractivity contribution is 5.40. The van der Waals surface area contributed by atoms with E-state index in [1.807, 2.05) is 30.3 Å². The van der Waals surface area contributed by atoms with Crippen LogP contribution in [0.5, 0.6) is 0 Å². The highest BCUT2D eigenvalue weighted by atomic mass is 16.3. The van der Waals surface area contributed by atoms with Crippen molar-refractivity contribution < 1.29 is 4.42 Å². The number of anilines is 2. The molecule has 21 heavy (non-hydrogen) atoms. The van der Waals surface area contributed by atoms with Crippen molar-refractivity contribution in [3.63, 3.8) is 0 Å². The number of nitrogens with two attached hydrogens (primary N) is 1. The first-order valence-electron chi connectivity index (χ1n) is 6.88. The fourth-order valence-corrected chi connectivity index (χ4v) is 2.82. The molecule has 1 aromatic carbocycles. The number of nitrogen functional groups attached to an aromatic ring is 1. The van der Waals surface area contributed by atoms with E-state index in [4.69, 9.17) is 10.2 Å². The monoisotopic (exact) mass is 281 g/mol. The quantitative estimate of drug-likeness (QED) is 0.754. The maximum absolute atomic E-state index is 5.74. The van der Waals surface area contributed by atoms with Gasteiger partial charge < -0.3 is 15.5 Å². The lowest BCUT2D eigenvalue weighted by molar-refractivity contribution is 0.359. The first-order valence-corrected chi connectivity index (χ1v) is 6.88. The van der Waals surface area contributed by atoms with E-state index in [2.05, 4.69) is 27.5 Å². The van der Waals surface area contributed by atoms with E-state index >= 15 is 0 Å². The van der Waals surface area contributed by atoms with E-state index in [9.17, 15) is 0 Å².